The van der Waals surface area contributed by atoms with Gasteiger partial charge in [-0.05, 0) is 35.7 Å². The summed E-state index contributed by atoms with van der Waals surface area (Å²) in [6.07, 6.45) is 2.61. The zero-order chi connectivity index (χ0) is 17.2. The highest BCUT2D eigenvalue weighted by Gasteiger charge is 2.00. The van der Waals surface area contributed by atoms with Crippen molar-refractivity contribution in [2.45, 2.75) is 26.8 Å². The number of nitrogens with zero attached hydrogens (tertiary/aromatic N) is 2. The topological polar surface area (TPSA) is 72.5 Å². The molecule has 136 valence electrons. The summed E-state index contributed by atoms with van der Waals surface area (Å²) in [5.74, 6) is 1.82. The third-order valence-electron chi connectivity index (χ3n) is 3.33. The quantitative estimate of drug-likeness (QED) is 0.365. The molecule has 0 atom stereocenters. The number of pyridine rings is 1. The van der Waals surface area contributed by atoms with Crippen LogP contribution in [0, 0.1) is 5.92 Å². The molecule has 3 N–H and O–H groups in total. The molecule has 0 amide bonds. The Bertz CT molecular complexity index is 647. The third-order valence-corrected chi connectivity index (χ3v) is 3.33. The van der Waals surface area contributed by atoms with Crippen LogP contribution in [-0.2, 0) is 13.0 Å². The molecule has 1 aromatic heterocycles. The van der Waals surface area contributed by atoms with Crippen LogP contribution in [0.1, 0.15) is 25.1 Å². The van der Waals surface area contributed by atoms with Crippen LogP contribution in [0.2, 0.25) is 0 Å². The van der Waals surface area contributed by atoms with E-state index in [1.54, 1.807) is 6.20 Å². The van der Waals surface area contributed by atoms with Gasteiger partial charge < -0.3 is 15.8 Å². The summed E-state index contributed by atoms with van der Waals surface area (Å²) in [6.45, 7) is 6.21. The zero-order valence-electron chi connectivity index (χ0n) is 14.8. The number of hydrogen-bond donors (Lipinski definition) is 2. The minimum atomic E-state index is 0. The van der Waals surface area contributed by atoms with Gasteiger partial charge in [0.2, 0.25) is 0 Å². The van der Waals surface area contributed by atoms with Crippen LogP contribution in [0.25, 0.3) is 0 Å². The lowest BCUT2D eigenvalue weighted by atomic mass is 10.2. The molecule has 0 saturated heterocycles. The van der Waals surface area contributed by atoms with Crippen LogP contribution in [0.5, 0.6) is 5.75 Å². The van der Waals surface area contributed by atoms with Crippen molar-refractivity contribution in [3.05, 3.63) is 59.9 Å². The summed E-state index contributed by atoms with van der Waals surface area (Å²) in [5, 5.41) is 3.11. The van der Waals surface area contributed by atoms with Crippen molar-refractivity contribution in [3.63, 3.8) is 0 Å². The Balaban J connectivity index is 0.00000312. The maximum atomic E-state index is 5.91. The number of aromatic nitrogens is 1. The van der Waals surface area contributed by atoms with Crippen LogP contribution in [0.3, 0.4) is 0 Å². The van der Waals surface area contributed by atoms with Gasteiger partial charge >= 0.3 is 0 Å². The van der Waals surface area contributed by atoms with E-state index in [9.17, 15) is 0 Å². The average molecular weight is 454 g/mol. The molecule has 25 heavy (non-hydrogen) atoms. The van der Waals surface area contributed by atoms with Gasteiger partial charge in [-0.2, -0.15) is 0 Å². The molecule has 0 spiro atoms. The number of aliphatic imine (C=N–C) groups is 1. The highest BCUT2D eigenvalue weighted by Crippen LogP contribution is 2.15. The molecule has 1 heterocycles. The molecule has 0 radical (unpaired) electrons. The van der Waals surface area contributed by atoms with Crippen molar-refractivity contribution in [2.24, 2.45) is 16.6 Å². The van der Waals surface area contributed by atoms with E-state index < -0.39 is 0 Å². The highest BCUT2D eigenvalue weighted by atomic mass is 127. The van der Waals surface area contributed by atoms with E-state index in [-0.39, 0.29) is 24.0 Å². The maximum absolute atomic E-state index is 5.91. The molecule has 2 rings (SSSR count). The second kappa shape index (κ2) is 11.7. The van der Waals surface area contributed by atoms with Gasteiger partial charge in [0.1, 0.15) is 5.75 Å². The van der Waals surface area contributed by atoms with Crippen molar-refractivity contribution in [2.75, 3.05) is 13.2 Å². The lowest BCUT2D eigenvalue weighted by molar-refractivity contribution is 0.271. The number of halogens is 1. The SMILES string of the molecule is CC(C)COc1cccc(CN=C(N)NCCc2ccccn2)c1.I. The van der Waals surface area contributed by atoms with E-state index in [1.807, 2.05) is 42.5 Å². The van der Waals surface area contributed by atoms with E-state index in [1.165, 1.54) is 0 Å². The second-order valence-corrected chi connectivity index (χ2v) is 6.05. The molecule has 0 bridgehead atoms. The Hall–Kier alpha value is -1.83. The van der Waals surface area contributed by atoms with Gasteiger partial charge in [0.05, 0.1) is 13.2 Å². The molecule has 6 heteroatoms. The monoisotopic (exact) mass is 454 g/mol. The molecule has 0 unspecified atom stereocenters. The minimum absolute atomic E-state index is 0. The third kappa shape index (κ3) is 8.72. The smallest absolute Gasteiger partial charge is 0.188 e. The molecule has 5 nitrogen and oxygen atoms in total. The molecular weight excluding hydrogens is 427 g/mol. The number of benzene rings is 1. The first-order chi connectivity index (χ1) is 11.6. The number of nitrogens with two attached hydrogens (primary N) is 1. The van der Waals surface area contributed by atoms with Crippen molar-refractivity contribution in [3.8, 4) is 5.75 Å². The minimum Gasteiger partial charge on any atom is -0.493 e. The van der Waals surface area contributed by atoms with Gasteiger partial charge in [-0.3, -0.25) is 4.98 Å². The van der Waals surface area contributed by atoms with Crippen LogP contribution in [0.15, 0.2) is 53.7 Å². The average Bonchev–Trinajstić information content (AvgIpc) is 2.59. The first-order valence-electron chi connectivity index (χ1n) is 8.29. The number of guanidine groups is 1. The Kier molecular flexibility index (Phi) is 9.91. The van der Waals surface area contributed by atoms with Crippen molar-refractivity contribution >= 4 is 29.9 Å². The van der Waals surface area contributed by atoms with Crippen LogP contribution in [-0.4, -0.2) is 24.1 Å². The molecule has 0 fully saturated rings. The lowest BCUT2D eigenvalue weighted by Gasteiger charge is -2.09. The van der Waals surface area contributed by atoms with E-state index in [0.29, 0.717) is 31.6 Å². The summed E-state index contributed by atoms with van der Waals surface area (Å²) >= 11 is 0. The first-order valence-corrected chi connectivity index (χ1v) is 8.29. The van der Waals surface area contributed by atoms with E-state index in [4.69, 9.17) is 10.5 Å². The Labute approximate surface area is 167 Å². The van der Waals surface area contributed by atoms with E-state index >= 15 is 0 Å². The second-order valence-electron chi connectivity index (χ2n) is 6.05. The fourth-order valence-electron chi connectivity index (χ4n) is 2.09. The molecule has 0 saturated carbocycles. The molecule has 1 aromatic carbocycles. The lowest BCUT2D eigenvalue weighted by Crippen LogP contribution is -2.33. The predicted molar refractivity (Wildman–Crippen MR) is 113 cm³/mol. The Morgan fingerprint density at radius 2 is 2.08 bits per heavy atom. The molecule has 0 aliphatic carbocycles. The highest BCUT2D eigenvalue weighted by molar-refractivity contribution is 14.0. The van der Waals surface area contributed by atoms with Crippen LogP contribution >= 0.6 is 24.0 Å². The summed E-state index contributed by atoms with van der Waals surface area (Å²) in [6, 6.07) is 13.9. The first kappa shape index (κ1) is 21.2. The fraction of sp³-hybridized carbons (Fsp3) is 0.368. The summed E-state index contributed by atoms with van der Waals surface area (Å²) in [7, 11) is 0. The summed E-state index contributed by atoms with van der Waals surface area (Å²) < 4.78 is 5.73. The predicted octanol–water partition coefficient (Wildman–Crippen LogP) is 3.38. The van der Waals surface area contributed by atoms with E-state index in [0.717, 1.165) is 23.4 Å². The van der Waals surface area contributed by atoms with Gasteiger partial charge in [0.25, 0.3) is 0 Å². The fourth-order valence-corrected chi connectivity index (χ4v) is 2.09. The maximum Gasteiger partial charge on any atom is 0.188 e. The molecule has 0 aliphatic rings. The number of hydrogen-bond acceptors (Lipinski definition) is 3. The van der Waals surface area contributed by atoms with Gasteiger partial charge in [-0.1, -0.05) is 32.0 Å². The number of nitrogens with one attached hydrogen (secondary N) is 1. The largest absolute Gasteiger partial charge is 0.493 e. The standard InChI is InChI=1S/C19H26N4O.HI/c1-15(2)14-24-18-8-5-6-16(12-18)13-23-19(20)22-11-9-17-7-3-4-10-21-17;/h3-8,10,12,15H,9,11,13-14H2,1-2H3,(H3,20,22,23);1H. The number of rotatable bonds is 8. The normalized spacial score (nSPS) is 11.1. The molecular formula is C19H27IN4O. The Morgan fingerprint density at radius 1 is 1.24 bits per heavy atom. The van der Waals surface area contributed by atoms with Crippen LogP contribution < -0.4 is 15.8 Å². The van der Waals surface area contributed by atoms with Crippen molar-refractivity contribution < 1.29 is 4.74 Å². The number of ether oxygens (including phenoxy) is 1. The van der Waals surface area contributed by atoms with E-state index in [2.05, 4.69) is 29.1 Å². The zero-order valence-corrected chi connectivity index (χ0v) is 17.1. The van der Waals surface area contributed by atoms with Crippen molar-refractivity contribution in [1.29, 1.82) is 0 Å². The van der Waals surface area contributed by atoms with Crippen LogP contribution in [0.4, 0.5) is 0 Å². The Morgan fingerprint density at radius 3 is 2.80 bits per heavy atom. The van der Waals surface area contributed by atoms with Crippen molar-refractivity contribution in [1.82, 2.24) is 10.3 Å². The van der Waals surface area contributed by atoms with Gasteiger partial charge in [-0.15, -0.1) is 24.0 Å². The van der Waals surface area contributed by atoms with Gasteiger partial charge in [0.15, 0.2) is 5.96 Å². The molecule has 0 aliphatic heterocycles. The molecule has 2 aromatic rings. The van der Waals surface area contributed by atoms with Gasteiger partial charge in [0, 0.05) is 24.9 Å². The van der Waals surface area contributed by atoms with Gasteiger partial charge in [-0.25, -0.2) is 4.99 Å². The summed E-state index contributed by atoms with van der Waals surface area (Å²) in [4.78, 5) is 8.64. The summed E-state index contributed by atoms with van der Waals surface area (Å²) in [5.41, 5.74) is 8.02.